The summed E-state index contributed by atoms with van der Waals surface area (Å²) in [5, 5.41) is 8.51. The third-order valence-electron chi connectivity index (χ3n) is 5.93. The number of benzene rings is 1. The first-order valence-corrected chi connectivity index (χ1v) is 11.8. The number of likely N-dealkylation sites (tertiary alicyclic amines) is 1. The maximum atomic E-state index is 13.1. The Morgan fingerprint density at radius 3 is 2.75 bits per heavy atom. The Morgan fingerprint density at radius 2 is 2.03 bits per heavy atom. The predicted molar refractivity (Wildman–Crippen MR) is 128 cm³/mol. The van der Waals surface area contributed by atoms with E-state index in [1.807, 2.05) is 19.1 Å². The van der Waals surface area contributed by atoms with Crippen LogP contribution in [0.3, 0.4) is 0 Å². The molecule has 1 aromatic carbocycles. The molecule has 0 radical (unpaired) electrons. The molecule has 6 nitrogen and oxygen atoms in total. The molecule has 1 N–H and O–H groups in total. The van der Waals surface area contributed by atoms with Crippen LogP contribution in [0.5, 0.6) is 0 Å². The molecule has 0 saturated carbocycles. The number of halogens is 2. The number of furan rings is 1. The van der Waals surface area contributed by atoms with E-state index in [1.54, 1.807) is 28.9 Å². The minimum atomic E-state index is -0.190. The van der Waals surface area contributed by atoms with Gasteiger partial charge in [0.05, 0.1) is 15.7 Å². The van der Waals surface area contributed by atoms with Gasteiger partial charge in [0.2, 0.25) is 0 Å². The van der Waals surface area contributed by atoms with E-state index in [1.165, 1.54) is 19.3 Å². The van der Waals surface area contributed by atoms with E-state index in [4.69, 9.17) is 27.6 Å². The Balaban J connectivity index is 1.51. The van der Waals surface area contributed by atoms with Crippen molar-refractivity contribution in [2.75, 3.05) is 19.6 Å². The van der Waals surface area contributed by atoms with Gasteiger partial charge in [-0.15, -0.1) is 0 Å². The van der Waals surface area contributed by atoms with E-state index < -0.39 is 0 Å². The summed E-state index contributed by atoms with van der Waals surface area (Å²) in [6.45, 7) is 6.89. The zero-order valence-corrected chi connectivity index (χ0v) is 19.9. The molecule has 1 saturated heterocycles. The van der Waals surface area contributed by atoms with Crippen LogP contribution >= 0.6 is 23.2 Å². The standard InChI is InChI=1S/C24H28Cl2N4O2/c1-16-6-3-4-12-29(16)13-5-11-27-24(31)22-15-21(23-10-7-17(2)32-23)28-30(22)18-8-9-19(25)20(26)14-18/h7-10,14-16H,3-6,11-13H2,1-2H3,(H,27,31). The fourth-order valence-corrected chi connectivity index (χ4v) is 4.41. The molecule has 170 valence electrons. The monoisotopic (exact) mass is 474 g/mol. The zero-order chi connectivity index (χ0) is 22.7. The Labute approximate surface area is 198 Å². The van der Waals surface area contributed by atoms with Gasteiger partial charge in [-0.05, 0) is 70.0 Å². The largest absolute Gasteiger partial charge is 0.460 e. The number of amides is 1. The van der Waals surface area contributed by atoms with Crippen LogP contribution in [-0.4, -0.2) is 46.3 Å². The number of aryl methyl sites for hydroxylation is 1. The van der Waals surface area contributed by atoms with Gasteiger partial charge >= 0.3 is 0 Å². The Kier molecular flexibility index (Phi) is 7.23. The van der Waals surface area contributed by atoms with E-state index in [0.717, 1.165) is 25.3 Å². The van der Waals surface area contributed by atoms with Crippen LogP contribution in [0.25, 0.3) is 17.1 Å². The number of rotatable bonds is 7. The summed E-state index contributed by atoms with van der Waals surface area (Å²) in [4.78, 5) is 15.6. The van der Waals surface area contributed by atoms with E-state index in [9.17, 15) is 4.79 Å². The molecule has 3 heterocycles. The van der Waals surface area contributed by atoms with Gasteiger partial charge in [0.15, 0.2) is 5.76 Å². The quantitative estimate of drug-likeness (QED) is 0.443. The fraction of sp³-hybridized carbons (Fsp3) is 0.417. The molecule has 0 aliphatic carbocycles. The molecule has 1 aliphatic heterocycles. The number of nitrogens with one attached hydrogen (secondary N) is 1. The first-order valence-electron chi connectivity index (χ1n) is 11.1. The van der Waals surface area contributed by atoms with Gasteiger partial charge in [-0.25, -0.2) is 4.68 Å². The summed E-state index contributed by atoms with van der Waals surface area (Å²) >= 11 is 12.3. The highest BCUT2D eigenvalue weighted by Gasteiger charge is 2.20. The van der Waals surface area contributed by atoms with Gasteiger partial charge in [0, 0.05) is 25.2 Å². The lowest BCUT2D eigenvalue weighted by atomic mass is 10.0. The third-order valence-corrected chi connectivity index (χ3v) is 6.67. The van der Waals surface area contributed by atoms with Gasteiger partial charge in [0.1, 0.15) is 17.1 Å². The lowest BCUT2D eigenvalue weighted by Crippen LogP contribution is -2.39. The smallest absolute Gasteiger partial charge is 0.270 e. The summed E-state index contributed by atoms with van der Waals surface area (Å²) in [5.74, 6) is 1.20. The molecule has 1 aliphatic rings. The summed E-state index contributed by atoms with van der Waals surface area (Å²) in [6.07, 6.45) is 4.73. The van der Waals surface area contributed by atoms with Crippen LogP contribution in [-0.2, 0) is 0 Å². The average molecular weight is 475 g/mol. The van der Waals surface area contributed by atoms with Crippen molar-refractivity contribution >= 4 is 29.1 Å². The average Bonchev–Trinajstić information content (AvgIpc) is 3.41. The molecular weight excluding hydrogens is 447 g/mol. The van der Waals surface area contributed by atoms with Crippen LogP contribution in [0.1, 0.15) is 48.9 Å². The van der Waals surface area contributed by atoms with Gasteiger partial charge in [-0.2, -0.15) is 5.10 Å². The predicted octanol–water partition coefficient (Wildman–Crippen LogP) is 5.74. The number of nitrogens with zero attached hydrogens (tertiary/aromatic N) is 3. The number of hydrogen-bond donors (Lipinski definition) is 1. The first-order chi connectivity index (χ1) is 15.4. The highest BCUT2D eigenvalue weighted by molar-refractivity contribution is 6.42. The minimum Gasteiger partial charge on any atom is -0.460 e. The SMILES string of the molecule is Cc1ccc(-c2cc(C(=O)NCCCN3CCCCC3C)n(-c3ccc(Cl)c(Cl)c3)n2)o1. The molecule has 2 aromatic heterocycles. The Hall–Kier alpha value is -2.28. The highest BCUT2D eigenvalue weighted by atomic mass is 35.5. The summed E-state index contributed by atoms with van der Waals surface area (Å²) in [5.41, 5.74) is 1.65. The van der Waals surface area contributed by atoms with E-state index in [2.05, 4.69) is 22.2 Å². The molecule has 1 amide bonds. The van der Waals surface area contributed by atoms with Crippen molar-refractivity contribution in [2.24, 2.45) is 0 Å². The van der Waals surface area contributed by atoms with Crippen molar-refractivity contribution in [3.8, 4) is 17.1 Å². The first kappa shape index (κ1) is 22.9. The summed E-state index contributed by atoms with van der Waals surface area (Å²) in [7, 11) is 0. The van der Waals surface area contributed by atoms with Crippen LogP contribution in [0.2, 0.25) is 10.0 Å². The summed E-state index contributed by atoms with van der Waals surface area (Å²) < 4.78 is 7.29. The van der Waals surface area contributed by atoms with Gasteiger partial charge in [-0.1, -0.05) is 29.6 Å². The topological polar surface area (TPSA) is 63.3 Å². The van der Waals surface area contributed by atoms with Crippen molar-refractivity contribution < 1.29 is 9.21 Å². The lowest BCUT2D eigenvalue weighted by molar-refractivity contribution is 0.0941. The molecule has 0 bridgehead atoms. The molecule has 0 spiro atoms. The number of carbonyl (C=O) groups is 1. The van der Waals surface area contributed by atoms with Crippen LogP contribution < -0.4 is 5.32 Å². The maximum absolute atomic E-state index is 13.1. The van der Waals surface area contributed by atoms with Gasteiger partial charge in [0.25, 0.3) is 5.91 Å². The van der Waals surface area contributed by atoms with Crippen molar-refractivity contribution in [1.29, 1.82) is 0 Å². The minimum absolute atomic E-state index is 0.190. The summed E-state index contributed by atoms with van der Waals surface area (Å²) in [6, 6.07) is 11.2. The van der Waals surface area contributed by atoms with Gasteiger partial charge < -0.3 is 14.6 Å². The van der Waals surface area contributed by atoms with Crippen molar-refractivity contribution in [3.63, 3.8) is 0 Å². The molecule has 1 fully saturated rings. The number of piperidine rings is 1. The van der Waals surface area contributed by atoms with Crippen molar-refractivity contribution in [1.82, 2.24) is 20.0 Å². The molecule has 1 atom stereocenters. The number of hydrogen-bond acceptors (Lipinski definition) is 4. The van der Waals surface area contributed by atoms with E-state index in [-0.39, 0.29) is 5.91 Å². The second kappa shape index (κ2) is 10.1. The van der Waals surface area contributed by atoms with Gasteiger partial charge in [-0.3, -0.25) is 4.79 Å². The maximum Gasteiger partial charge on any atom is 0.270 e. The number of carbonyl (C=O) groups excluding carboxylic acids is 1. The second-order valence-electron chi connectivity index (χ2n) is 8.33. The molecule has 1 unspecified atom stereocenters. The highest BCUT2D eigenvalue weighted by Crippen LogP contribution is 2.28. The molecular formula is C24H28Cl2N4O2. The molecule has 4 rings (SSSR count). The Bertz CT molecular complexity index is 1090. The van der Waals surface area contributed by atoms with Crippen LogP contribution in [0.4, 0.5) is 0 Å². The lowest BCUT2D eigenvalue weighted by Gasteiger charge is -2.33. The molecule has 8 heteroatoms. The van der Waals surface area contributed by atoms with Crippen molar-refractivity contribution in [2.45, 2.75) is 45.6 Å². The third kappa shape index (κ3) is 5.20. The van der Waals surface area contributed by atoms with E-state index in [0.29, 0.717) is 45.5 Å². The second-order valence-corrected chi connectivity index (χ2v) is 9.14. The number of aromatic nitrogens is 2. The normalized spacial score (nSPS) is 16.9. The van der Waals surface area contributed by atoms with Crippen LogP contribution in [0.15, 0.2) is 40.8 Å². The molecule has 32 heavy (non-hydrogen) atoms. The molecule has 3 aromatic rings. The van der Waals surface area contributed by atoms with Crippen LogP contribution in [0, 0.1) is 6.92 Å². The fourth-order valence-electron chi connectivity index (χ4n) is 4.11. The zero-order valence-electron chi connectivity index (χ0n) is 18.4. The van der Waals surface area contributed by atoms with E-state index >= 15 is 0 Å². The van der Waals surface area contributed by atoms with Crippen molar-refractivity contribution in [3.05, 3.63) is 57.9 Å². The Morgan fingerprint density at radius 1 is 1.19 bits per heavy atom.